The topological polar surface area (TPSA) is 12.0 Å². The summed E-state index contributed by atoms with van der Waals surface area (Å²) in [5.74, 6) is -1.47. The average Bonchev–Trinajstić information content (AvgIpc) is 2.83. The van der Waals surface area contributed by atoms with Crippen LogP contribution in [0, 0.1) is 11.6 Å². The second kappa shape index (κ2) is 10.7. The van der Waals surface area contributed by atoms with Crippen molar-refractivity contribution >= 4 is 28.4 Å². The zero-order chi connectivity index (χ0) is 23.2. The molecule has 2 unspecified atom stereocenters. The van der Waals surface area contributed by atoms with Crippen molar-refractivity contribution in [1.82, 2.24) is 5.32 Å². The molecule has 1 nitrogen and oxygen atoms in total. The molecule has 1 N–H and O–H groups in total. The third-order valence-corrected chi connectivity index (χ3v) is 6.24. The summed E-state index contributed by atoms with van der Waals surface area (Å²) < 4.78 is 26.8. The van der Waals surface area contributed by atoms with Crippen molar-refractivity contribution in [2.45, 2.75) is 31.8 Å². The van der Waals surface area contributed by atoms with Gasteiger partial charge < -0.3 is 5.32 Å². The van der Waals surface area contributed by atoms with Gasteiger partial charge in [0.2, 0.25) is 0 Å². The highest BCUT2D eigenvalue weighted by molar-refractivity contribution is 6.30. The molecule has 0 amide bonds. The molecule has 0 aliphatic carbocycles. The van der Waals surface area contributed by atoms with Gasteiger partial charge in [-0.2, -0.15) is 0 Å². The van der Waals surface area contributed by atoms with Gasteiger partial charge in [0.15, 0.2) is 11.6 Å². The first-order valence-electron chi connectivity index (χ1n) is 11.1. The number of nitrogens with one attached hydrogen (secondary N) is 1. The normalized spacial score (nSPS) is 13.5. The van der Waals surface area contributed by atoms with Crippen LogP contribution in [0.4, 0.5) is 8.78 Å². The van der Waals surface area contributed by atoms with Crippen molar-refractivity contribution in [3.8, 4) is 0 Å². The van der Waals surface area contributed by atoms with Gasteiger partial charge in [-0.15, -0.1) is 0 Å². The third-order valence-electron chi connectivity index (χ3n) is 5.99. The van der Waals surface area contributed by atoms with Crippen LogP contribution in [0.15, 0.2) is 91.0 Å². The summed E-state index contributed by atoms with van der Waals surface area (Å²) in [6.07, 6.45) is 5.16. The predicted octanol–water partition coefficient (Wildman–Crippen LogP) is 8.14. The predicted molar refractivity (Wildman–Crippen MR) is 134 cm³/mol. The fraction of sp³-hybridized carbons (Fsp3) is 0.172. The van der Waals surface area contributed by atoms with E-state index in [-0.39, 0.29) is 12.0 Å². The lowest BCUT2D eigenvalue weighted by Crippen LogP contribution is -2.31. The lowest BCUT2D eigenvalue weighted by molar-refractivity contribution is 0.457. The van der Waals surface area contributed by atoms with Gasteiger partial charge in [0.1, 0.15) is 0 Å². The summed E-state index contributed by atoms with van der Waals surface area (Å²) in [4.78, 5) is 0. The van der Waals surface area contributed by atoms with Crippen LogP contribution in [-0.2, 0) is 6.54 Å². The van der Waals surface area contributed by atoms with Gasteiger partial charge >= 0.3 is 0 Å². The lowest BCUT2D eigenvalue weighted by atomic mass is 9.89. The Morgan fingerprint density at radius 1 is 0.848 bits per heavy atom. The van der Waals surface area contributed by atoms with E-state index >= 15 is 0 Å². The molecular formula is C29H26ClF2N. The fourth-order valence-electron chi connectivity index (χ4n) is 4.07. The number of hydrogen-bond donors (Lipinski definition) is 1. The van der Waals surface area contributed by atoms with Crippen LogP contribution in [0.5, 0.6) is 0 Å². The van der Waals surface area contributed by atoms with Crippen molar-refractivity contribution in [3.05, 3.63) is 124 Å². The molecule has 0 aliphatic rings. The zero-order valence-electron chi connectivity index (χ0n) is 18.4. The number of rotatable bonds is 8. The first kappa shape index (κ1) is 23.2. The zero-order valence-corrected chi connectivity index (χ0v) is 19.2. The number of benzene rings is 4. The van der Waals surface area contributed by atoms with E-state index in [1.165, 1.54) is 28.5 Å². The largest absolute Gasteiger partial charge is 0.310 e. The minimum Gasteiger partial charge on any atom is -0.310 e. The van der Waals surface area contributed by atoms with Gasteiger partial charge in [0.05, 0.1) is 0 Å². The molecule has 0 saturated heterocycles. The number of allylic oxidation sites excluding steroid dienone is 1. The summed E-state index contributed by atoms with van der Waals surface area (Å²) in [7, 11) is 0. The first-order chi connectivity index (χ1) is 16.0. The van der Waals surface area contributed by atoms with E-state index in [4.69, 9.17) is 11.6 Å². The molecule has 168 valence electrons. The van der Waals surface area contributed by atoms with E-state index in [0.29, 0.717) is 17.1 Å². The van der Waals surface area contributed by atoms with Crippen LogP contribution < -0.4 is 5.32 Å². The van der Waals surface area contributed by atoms with Crippen molar-refractivity contribution in [3.63, 3.8) is 0 Å². The Bertz CT molecular complexity index is 1250. The number of halogens is 3. The highest BCUT2D eigenvalue weighted by Gasteiger charge is 2.18. The molecule has 0 heterocycles. The van der Waals surface area contributed by atoms with Crippen LogP contribution >= 0.6 is 11.6 Å². The third kappa shape index (κ3) is 6.07. The van der Waals surface area contributed by atoms with Crippen molar-refractivity contribution in [2.75, 3.05) is 0 Å². The van der Waals surface area contributed by atoms with Gasteiger partial charge in [0.25, 0.3) is 0 Å². The Labute approximate surface area is 198 Å². The van der Waals surface area contributed by atoms with Crippen LogP contribution in [-0.4, -0.2) is 6.04 Å². The molecule has 0 fully saturated rings. The maximum atomic E-state index is 13.6. The second-order valence-electron chi connectivity index (χ2n) is 8.32. The molecule has 0 radical (unpaired) electrons. The molecule has 0 saturated carbocycles. The standard InChI is InChI=1S/C29H26ClF2N/c1-20(33-19-22-10-16-28(31)29(32)18-22)27(24-12-14-26(30)15-13-24)8-4-5-21-9-11-23-6-2-3-7-25(23)17-21/h2-7,9-18,20,27,33H,8,19H2,1H3/b5-4+. The molecule has 2 atom stereocenters. The van der Waals surface area contributed by atoms with E-state index in [2.05, 4.69) is 54.7 Å². The molecule has 0 aromatic heterocycles. The average molecular weight is 462 g/mol. The number of fused-ring (bicyclic) bond motifs is 1. The maximum absolute atomic E-state index is 13.6. The molecule has 4 aromatic carbocycles. The summed E-state index contributed by atoms with van der Waals surface area (Å²) in [5.41, 5.74) is 3.04. The summed E-state index contributed by atoms with van der Waals surface area (Å²) in [6, 6.07) is 26.8. The summed E-state index contributed by atoms with van der Waals surface area (Å²) in [6.45, 7) is 2.57. The van der Waals surface area contributed by atoms with E-state index in [1.807, 2.05) is 36.4 Å². The molecule has 0 bridgehead atoms. The minimum absolute atomic E-state index is 0.0977. The van der Waals surface area contributed by atoms with Crippen LogP contribution in [0.1, 0.15) is 36.0 Å². The number of hydrogen-bond acceptors (Lipinski definition) is 1. The van der Waals surface area contributed by atoms with Crippen LogP contribution in [0.3, 0.4) is 0 Å². The SMILES string of the molecule is CC(NCc1ccc(F)c(F)c1)C(C/C=C/c1ccc2ccccc2c1)c1ccc(Cl)cc1. The summed E-state index contributed by atoms with van der Waals surface area (Å²) >= 11 is 6.10. The molecule has 4 aromatic rings. The Balaban J connectivity index is 1.49. The molecule has 0 spiro atoms. The molecular weight excluding hydrogens is 436 g/mol. The first-order valence-corrected chi connectivity index (χ1v) is 11.5. The Morgan fingerprint density at radius 3 is 2.36 bits per heavy atom. The molecule has 33 heavy (non-hydrogen) atoms. The highest BCUT2D eigenvalue weighted by Crippen LogP contribution is 2.27. The minimum atomic E-state index is -0.829. The van der Waals surface area contributed by atoms with E-state index in [9.17, 15) is 8.78 Å². The Morgan fingerprint density at radius 2 is 1.61 bits per heavy atom. The monoisotopic (exact) mass is 461 g/mol. The van der Waals surface area contributed by atoms with E-state index in [1.54, 1.807) is 6.07 Å². The van der Waals surface area contributed by atoms with Crippen LogP contribution in [0.2, 0.25) is 5.02 Å². The van der Waals surface area contributed by atoms with Gasteiger partial charge in [-0.25, -0.2) is 8.78 Å². The van der Waals surface area contributed by atoms with Gasteiger partial charge in [-0.1, -0.05) is 78.4 Å². The Hall–Kier alpha value is -3.01. The van der Waals surface area contributed by atoms with Gasteiger partial charge in [-0.3, -0.25) is 0 Å². The smallest absolute Gasteiger partial charge is 0.159 e. The van der Waals surface area contributed by atoms with E-state index in [0.717, 1.165) is 12.0 Å². The van der Waals surface area contributed by atoms with Gasteiger partial charge in [-0.05, 0) is 71.1 Å². The molecule has 4 heteroatoms. The quantitative estimate of drug-likeness (QED) is 0.279. The second-order valence-corrected chi connectivity index (χ2v) is 8.76. The Kier molecular flexibility index (Phi) is 7.54. The lowest BCUT2D eigenvalue weighted by Gasteiger charge is -2.25. The van der Waals surface area contributed by atoms with Gasteiger partial charge in [0, 0.05) is 23.5 Å². The maximum Gasteiger partial charge on any atom is 0.159 e. The fourth-order valence-corrected chi connectivity index (χ4v) is 4.20. The van der Waals surface area contributed by atoms with Crippen LogP contribution in [0.25, 0.3) is 16.8 Å². The van der Waals surface area contributed by atoms with Crippen molar-refractivity contribution in [2.24, 2.45) is 0 Å². The molecule has 4 rings (SSSR count). The highest BCUT2D eigenvalue weighted by atomic mass is 35.5. The van der Waals surface area contributed by atoms with Crippen molar-refractivity contribution in [1.29, 1.82) is 0 Å². The molecule has 0 aliphatic heterocycles. The van der Waals surface area contributed by atoms with Crippen molar-refractivity contribution < 1.29 is 8.78 Å². The van der Waals surface area contributed by atoms with E-state index < -0.39 is 11.6 Å². The summed E-state index contributed by atoms with van der Waals surface area (Å²) in [5, 5.41) is 6.62.